The minimum Gasteiger partial charge on any atom is -0.365 e. The van der Waals surface area contributed by atoms with Gasteiger partial charge in [-0.2, -0.15) is 0 Å². The van der Waals surface area contributed by atoms with Crippen LogP contribution in [0.15, 0.2) is 12.2 Å². The quantitative estimate of drug-likeness (QED) is 0.445. The van der Waals surface area contributed by atoms with Gasteiger partial charge in [-0.15, -0.1) is 0 Å². The molecule has 0 radical (unpaired) electrons. The molecule has 3 aliphatic heterocycles. The molecular formula is C10H13NO3. The maximum Gasteiger partial charge on any atom is 0.233 e. The van der Waals surface area contributed by atoms with E-state index < -0.39 is 0 Å². The van der Waals surface area contributed by atoms with E-state index in [-0.39, 0.29) is 35.9 Å². The van der Waals surface area contributed by atoms with E-state index in [1.165, 1.54) is 0 Å². The highest BCUT2D eigenvalue weighted by Crippen LogP contribution is 2.41. The highest BCUT2D eigenvalue weighted by atomic mass is 16.5. The second-order valence-corrected chi connectivity index (χ2v) is 3.36. The lowest BCUT2D eigenvalue weighted by Crippen LogP contribution is -2.27. The number of carbonyl (C=O) groups is 2. The molecule has 4 nitrogen and oxygen atoms in total. The van der Waals surface area contributed by atoms with Crippen LogP contribution in [0.5, 0.6) is 0 Å². The molecule has 0 aliphatic carbocycles. The fourth-order valence-electron chi connectivity index (χ4n) is 2.22. The third-order valence-electron chi connectivity index (χ3n) is 2.75. The first-order valence-electron chi connectivity index (χ1n) is 4.96. The molecule has 4 heteroatoms. The maximum absolute atomic E-state index is 11.2. The van der Waals surface area contributed by atoms with Crippen molar-refractivity contribution < 1.29 is 14.3 Å². The zero-order chi connectivity index (χ0) is 10.3. The largest absolute Gasteiger partial charge is 0.365 e. The summed E-state index contributed by atoms with van der Waals surface area (Å²) in [6.45, 7) is 4.00. The standard InChI is InChI=1S/C8H7NO3.C2H6/c10-7-5-3-1-2-4(12-3)6(5)8(11)9-7;1-2/h1-6H,(H,9,10,11);1-2H3. The summed E-state index contributed by atoms with van der Waals surface area (Å²) >= 11 is 0. The number of hydrogen-bond acceptors (Lipinski definition) is 3. The summed E-state index contributed by atoms with van der Waals surface area (Å²) in [6.07, 6.45) is 3.41. The van der Waals surface area contributed by atoms with Gasteiger partial charge in [-0.05, 0) is 0 Å². The summed E-state index contributed by atoms with van der Waals surface area (Å²) in [5, 5.41) is 2.32. The molecule has 1 N–H and O–H groups in total. The fraction of sp³-hybridized carbons (Fsp3) is 0.600. The van der Waals surface area contributed by atoms with Crippen LogP contribution < -0.4 is 5.32 Å². The van der Waals surface area contributed by atoms with Crippen LogP contribution in [0, 0.1) is 11.8 Å². The Labute approximate surface area is 82.3 Å². The molecule has 3 rings (SSSR count). The summed E-state index contributed by atoms with van der Waals surface area (Å²) in [6, 6.07) is 0. The number of amides is 2. The van der Waals surface area contributed by atoms with Crippen molar-refractivity contribution in [2.45, 2.75) is 26.1 Å². The molecule has 3 aliphatic rings. The number of ether oxygens (including phenoxy) is 1. The van der Waals surface area contributed by atoms with Gasteiger partial charge in [0, 0.05) is 0 Å². The van der Waals surface area contributed by atoms with Gasteiger partial charge in [0.15, 0.2) is 0 Å². The monoisotopic (exact) mass is 195 g/mol. The fourth-order valence-corrected chi connectivity index (χ4v) is 2.22. The molecule has 0 aromatic heterocycles. The van der Waals surface area contributed by atoms with E-state index in [1.807, 2.05) is 26.0 Å². The molecule has 3 heterocycles. The molecule has 4 unspecified atom stereocenters. The van der Waals surface area contributed by atoms with Crippen molar-refractivity contribution in [3.63, 3.8) is 0 Å². The number of fused-ring (bicyclic) bond motifs is 5. The van der Waals surface area contributed by atoms with Gasteiger partial charge >= 0.3 is 0 Å². The highest BCUT2D eigenvalue weighted by molar-refractivity contribution is 6.06. The lowest BCUT2D eigenvalue weighted by Gasteiger charge is -2.10. The van der Waals surface area contributed by atoms with Gasteiger partial charge in [-0.3, -0.25) is 14.9 Å². The SMILES string of the molecule is CC.O=C1NC(=O)C2C3C=CC(O3)C12. The molecule has 76 valence electrons. The van der Waals surface area contributed by atoms with E-state index in [0.29, 0.717) is 0 Å². The van der Waals surface area contributed by atoms with Crippen LogP contribution in [0.2, 0.25) is 0 Å². The van der Waals surface area contributed by atoms with Crippen LogP contribution in [0.3, 0.4) is 0 Å². The van der Waals surface area contributed by atoms with Crippen LogP contribution in [0.25, 0.3) is 0 Å². The molecule has 4 atom stereocenters. The van der Waals surface area contributed by atoms with Crippen molar-refractivity contribution in [1.29, 1.82) is 0 Å². The first-order valence-corrected chi connectivity index (χ1v) is 4.96. The average Bonchev–Trinajstić information content (AvgIpc) is 2.84. The predicted molar refractivity (Wildman–Crippen MR) is 49.3 cm³/mol. The van der Waals surface area contributed by atoms with E-state index in [0.717, 1.165) is 0 Å². The predicted octanol–water partition coefficient (Wildman–Crippen LogP) is 0.239. The molecule has 2 bridgehead atoms. The Morgan fingerprint density at radius 3 is 1.93 bits per heavy atom. The minimum absolute atomic E-state index is 0.161. The molecule has 2 fully saturated rings. The Balaban J connectivity index is 0.000000354. The van der Waals surface area contributed by atoms with E-state index >= 15 is 0 Å². The smallest absolute Gasteiger partial charge is 0.233 e. The normalized spacial score (nSPS) is 41.9. The lowest BCUT2D eigenvalue weighted by atomic mass is 9.85. The molecule has 2 saturated heterocycles. The summed E-state index contributed by atoms with van der Waals surface area (Å²) < 4.78 is 5.39. The van der Waals surface area contributed by atoms with E-state index in [9.17, 15) is 9.59 Å². The van der Waals surface area contributed by atoms with Crippen LogP contribution in [-0.4, -0.2) is 24.0 Å². The van der Waals surface area contributed by atoms with Crippen molar-refractivity contribution in [3.05, 3.63) is 12.2 Å². The van der Waals surface area contributed by atoms with E-state index in [1.54, 1.807) is 0 Å². The topological polar surface area (TPSA) is 55.4 Å². The van der Waals surface area contributed by atoms with Gasteiger partial charge in [0.05, 0.1) is 24.0 Å². The second kappa shape index (κ2) is 3.20. The average molecular weight is 195 g/mol. The van der Waals surface area contributed by atoms with Crippen LogP contribution in [0.4, 0.5) is 0 Å². The lowest BCUT2D eigenvalue weighted by molar-refractivity contribution is -0.128. The number of hydrogen-bond donors (Lipinski definition) is 1. The third kappa shape index (κ3) is 1.04. The Kier molecular flexibility index (Phi) is 2.15. The van der Waals surface area contributed by atoms with Gasteiger partial charge < -0.3 is 4.74 Å². The molecule has 14 heavy (non-hydrogen) atoms. The van der Waals surface area contributed by atoms with Crippen molar-refractivity contribution in [2.24, 2.45) is 11.8 Å². The summed E-state index contributed by atoms with van der Waals surface area (Å²) in [7, 11) is 0. The van der Waals surface area contributed by atoms with E-state index in [2.05, 4.69) is 5.32 Å². The number of nitrogens with one attached hydrogen (secondary N) is 1. The van der Waals surface area contributed by atoms with Crippen molar-refractivity contribution in [2.75, 3.05) is 0 Å². The first kappa shape index (κ1) is 9.40. The van der Waals surface area contributed by atoms with Crippen LogP contribution in [0.1, 0.15) is 13.8 Å². The van der Waals surface area contributed by atoms with E-state index in [4.69, 9.17) is 4.74 Å². The summed E-state index contributed by atoms with van der Waals surface area (Å²) in [4.78, 5) is 22.4. The molecule has 0 aromatic rings. The van der Waals surface area contributed by atoms with Crippen LogP contribution in [-0.2, 0) is 14.3 Å². The molecule has 0 aromatic carbocycles. The second-order valence-electron chi connectivity index (χ2n) is 3.36. The van der Waals surface area contributed by atoms with Gasteiger partial charge in [-0.25, -0.2) is 0 Å². The number of imide groups is 1. The summed E-state index contributed by atoms with van der Waals surface area (Å²) in [5.74, 6) is -0.872. The van der Waals surface area contributed by atoms with Crippen molar-refractivity contribution in [1.82, 2.24) is 5.32 Å². The molecule has 0 saturated carbocycles. The maximum atomic E-state index is 11.2. The zero-order valence-electron chi connectivity index (χ0n) is 8.19. The van der Waals surface area contributed by atoms with Gasteiger partial charge in [0.1, 0.15) is 0 Å². The van der Waals surface area contributed by atoms with Crippen molar-refractivity contribution >= 4 is 11.8 Å². The van der Waals surface area contributed by atoms with Gasteiger partial charge in [0.2, 0.25) is 11.8 Å². The Morgan fingerprint density at radius 1 is 1.07 bits per heavy atom. The summed E-state index contributed by atoms with van der Waals surface area (Å²) in [5.41, 5.74) is 0. The highest BCUT2D eigenvalue weighted by Gasteiger charge is 2.57. The third-order valence-corrected chi connectivity index (χ3v) is 2.75. The Morgan fingerprint density at radius 2 is 1.50 bits per heavy atom. The van der Waals surface area contributed by atoms with Gasteiger partial charge in [0.25, 0.3) is 0 Å². The molecule has 0 spiro atoms. The number of rotatable bonds is 0. The van der Waals surface area contributed by atoms with Crippen molar-refractivity contribution in [3.8, 4) is 0 Å². The first-order chi connectivity index (χ1) is 6.77. The van der Waals surface area contributed by atoms with Crippen LogP contribution >= 0.6 is 0 Å². The van der Waals surface area contributed by atoms with Gasteiger partial charge in [-0.1, -0.05) is 26.0 Å². The molecule has 2 amide bonds. The Hall–Kier alpha value is -1.16. The molecular weight excluding hydrogens is 182 g/mol. The minimum atomic E-state index is -0.257. The Bertz CT molecular complexity index is 282. The number of carbonyl (C=O) groups excluding carboxylic acids is 2. The zero-order valence-corrected chi connectivity index (χ0v) is 8.19.